The van der Waals surface area contributed by atoms with E-state index in [1.807, 2.05) is 74.4 Å². The Hall–Kier alpha value is -4.92. The molecule has 3 aromatic heterocycles. The third kappa shape index (κ3) is 9.00. The van der Waals surface area contributed by atoms with Gasteiger partial charge in [0.2, 0.25) is 5.91 Å². The minimum absolute atomic E-state index is 0.178. The van der Waals surface area contributed by atoms with Gasteiger partial charge in [-0.3, -0.25) is 9.59 Å². The van der Waals surface area contributed by atoms with E-state index in [1.165, 1.54) is 21.9 Å². The van der Waals surface area contributed by atoms with E-state index in [9.17, 15) is 9.59 Å². The Morgan fingerprint density at radius 3 is 2.28 bits per heavy atom. The molecule has 0 radical (unpaired) electrons. The van der Waals surface area contributed by atoms with Crippen LogP contribution in [-0.4, -0.2) is 31.6 Å². The average Bonchev–Trinajstić information content (AvgIpc) is 3.63. The fraction of sp³-hybridized carbons (Fsp3) is 0.415. The number of hydrogen-bond donors (Lipinski definition) is 2. The molecule has 9 heteroatoms. The van der Waals surface area contributed by atoms with E-state index in [0.717, 1.165) is 54.3 Å². The summed E-state index contributed by atoms with van der Waals surface area (Å²) in [6, 6.07) is 11.3. The Morgan fingerprint density at radius 2 is 1.62 bits per heavy atom. The van der Waals surface area contributed by atoms with Crippen LogP contribution < -0.4 is 21.1 Å². The van der Waals surface area contributed by atoms with Gasteiger partial charge in [0.25, 0.3) is 5.56 Å². The van der Waals surface area contributed by atoms with E-state index < -0.39 is 0 Å². The highest BCUT2D eigenvalue weighted by atomic mass is 16.1. The number of amides is 1. The quantitative estimate of drug-likeness (QED) is 0.197. The maximum absolute atomic E-state index is 13.0. The lowest BCUT2D eigenvalue weighted by Crippen LogP contribution is -2.34. The SMILES string of the molecule is C=CC(=O)Nc1cccc(Nc2nc(-c3ccnc(N4CCn5c(cc6c5CC(C)(C)C6)C4=C)c3C)cn(C)c2=O)c1.CC.CC.CC.CC. The number of hydrogen-bond acceptors (Lipinski definition) is 6. The third-order valence-electron chi connectivity index (χ3n) is 8.14. The molecule has 270 valence electrons. The number of fused-ring (bicyclic) bond motifs is 3. The van der Waals surface area contributed by atoms with Gasteiger partial charge in [0.05, 0.1) is 17.1 Å². The van der Waals surface area contributed by atoms with Crippen molar-refractivity contribution in [1.82, 2.24) is 19.1 Å². The Bertz CT molecular complexity index is 1830. The van der Waals surface area contributed by atoms with Crippen LogP contribution >= 0.6 is 0 Å². The van der Waals surface area contributed by atoms with Crippen molar-refractivity contribution in [2.24, 2.45) is 12.5 Å². The normalized spacial score (nSPS) is 13.3. The first-order chi connectivity index (χ1) is 24.0. The molecule has 4 aromatic rings. The van der Waals surface area contributed by atoms with Gasteiger partial charge < -0.3 is 24.7 Å². The summed E-state index contributed by atoms with van der Waals surface area (Å²) >= 11 is 0. The second-order valence-corrected chi connectivity index (χ2v) is 11.9. The minimum Gasteiger partial charge on any atom is -0.341 e. The molecule has 0 saturated carbocycles. The molecule has 9 nitrogen and oxygen atoms in total. The van der Waals surface area contributed by atoms with E-state index in [2.05, 4.69) is 53.2 Å². The fourth-order valence-electron chi connectivity index (χ4n) is 6.14. The number of nitrogens with zero attached hydrogens (tertiary/aromatic N) is 5. The number of aryl methyl sites for hydroxylation is 1. The highest BCUT2D eigenvalue weighted by Crippen LogP contribution is 2.42. The molecule has 0 unspecified atom stereocenters. The molecule has 6 rings (SSSR count). The van der Waals surface area contributed by atoms with Gasteiger partial charge >= 0.3 is 0 Å². The van der Waals surface area contributed by atoms with Crippen molar-refractivity contribution in [3.63, 3.8) is 0 Å². The molecule has 2 N–H and O–H groups in total. The summed E-state index contributed by atoms with van der Waals surface area (Å²) in [7, 11) is 1.71. The van der Waals surface area contributed by atoms with Crippen LogP contribution in [-0.2, 0) is 31.2 Å². The molecule has 4 heterocycles. The monoisotopic (exact) mass is 681 g/mol. The van der Waals surface area contributed by atoms with Crippen molar-refractivity contribution in [2.75, 3.05) is 22.1 Å². The number of carbonyl (C=O) groups excluding carboxylic acids is 1. The fourth-order valence-corrected chi connectivity index (χ4v) is 6.14. The topological polar surface area (TPSA) is 97.1 Å². The Labute approximate surface area is 300 Å². The van der Waals surface area contributed by atoms with Crippen LogP contribution in [0, 0.1) is 12.3 Å². The Balaban J connectivity index is 0.00000101. The molecule has 0 atom stereocenters. The molecule has 1 aliphatic carbocycles. The van der Waals surface area contributed by atoms with Crippen LogP contribution in [0.1, 0.15) is 91.8 Å². The third-order valence-corrected chi connectivity index (χ3v) is 8.14. The summed E-state index contributed by atoms with van der Waals surface area (Å²) < 4.78 is 3.95. The summed E-state index contributed by atoms with van der Waals surface area (Å²) in [4.78, 5) is 36.5. The lowest BCUT2D eigenvalue weighted by atomic mass is 9.90. The molecule has 0 fully saturated rings. The lowest BCUT2D eigenvalue weighted by Gasteiger charge is -2.34. The van der Waals surface area contributed by atoms with Gasteiger partial charge in [-0.15, -0.1) is 0 Å². The zero-order valence-corrected chi connectivity index (χ0v) is 32.5. The molecular formula is C41H59N7O2. The number of anilines is 4. The molecule has 1 aliphatic heterocycles. The lowest BCUT2D eigenvalue weighted by molar-refractivity contribution is -0.111. The van der Waals surface area contributed by atoms with Crippen LogP contribution in [0.15, 0.2) is 72.8 Å². The summed E-state index contributed by atoms with van der Waals surface area (Å²) in [5.41, 5.74) is 8.68. The van der Waals surface area contributed by atoms with Gasteiger partial charge in [-0.05, 0) is 67.2 Å². The Morgan fingerprint density at radius 1 is 0.960 bits per heavy atom. The average molecular weight is 682 g/mol. The standard InChI is InChI=1S/C33H35N7O2.4C2H6/c1-7-29(41)35-23-9-8-10-24(16-23)36-30-32(42)38(6)19-26(37-30)25-11-12-34-31(20(25)2)39-13-14-40-27(21(39)3)15-22-17-33(4,5)18-28(22)40;4*1-2/h7-12,15-16,19H,1,3,13-14,17-18H2,2,4-6H3,(H,35,41)(H,36,37);4*1-2H3. The first kappa shape index (κ1) is 41.3. The van der Waals surface area contributed by atoms with Crippen molar-refractivity contribution < 1.29 is 4.79 Å². The van der Waals surface area contributed by atoms with Gasteiger partial charge in [0.1, 0.15) is 5.82 Å². The summed E-state index contributed by atoms with van der Waals surface area (Å²) in [6.45, 7) is 32.3. The first-order valence-electron chi connectivity index (χ1n) is 18.1. The molecule has 0 saturated heterocycles. The minimum atomic E-state index is -0.315. The highest BCUT2D eigenvalue weighted by Gasteiger charge is 2.35. The molecular weight excluding hydrogens is 622 g/mol. The molecule has 50 heavy (non-hydrogen) atoms. The largest absolute Gasteiger partial charge is 0.341 e. The van der Waals surface area contributed by atoms with Crippen molar-refractivity contribution in [1.29, 1.82) is 0 Å². The Kier molecular flexibility index (Phi) is 15.5. The highest BCUT2D eigenvalue weighted by molar-refractivity contribution is 5.99. The molecule has 1 aromatic carbocycles. The molecule has 0 bridgehead atoms. The number of pyridine rings is 1. The van der Waals surface area contributed by atoms with Crippen molar-refractivity contribution in [3.8, 4) is 11.3 Å². The molecule has 0 spiro atoms. The van der Waals surface area contributed by atoms with E-state index in [4.69, 9.17) is 9.97 Å². The van der Waals surface area contributed by atoms with Gasteiger partial charge in [0.15, 0.2) is 5.82 Å². The predicted molar refractivity (Wildman–Crippen MR) is 213 cm³/mol. The second-order valence-electron chi connectivity index (χ2n) is 11.9. The zero-order chi connectivity index (χ0) is 37.8. The van der Waals surface area contributed by atoms with Crippen molar-refractivity contribution in [2.45, 2.75) is 95.5 Å². The maximum Gasteiger partial charge on any atom is 0.293 e. The number of carbonyl (C=O) groups is 1. The second kappa shape index (κ2) is 18.7. The van der Waals surface area contributed by atoms with E-state index >= 15 is 0 Å². The maximum atomic E-state index is 13.0. The van der Waals surface area contributed by atoms with Crippen LogP contribution in [0.3, 0.4) is 0 Å². The number of benzene rings is 1. The van der Waals surface area contributed by atoms with Gasteiger partial charge in [-0.2, -0.15) is 0 Å². The zero-order valence-electron chi connectivity index (χ0n) is 32.5. The predicted octanol–water partition coefficient (Wildman–Crippen LogP) is 9.54. The number of nitrogens with one attached hydrogen (secondary N) is 2. The molecule has 2 aliphatic rings. The number of rotatable bonds is 6. The van der Waals surface area contributed by atoms with Crippen LogP contribution in [0.2, 0.25) is 0 Å². The van der Waals surface area contributed by atoms with Gasteiger partial charge in [0, 0.05) is 60.7 Å². The van der Waals surface area contributed by atoms with Gasteiger partial charge in [-0.25, -0.2) is 9.97 Å². The van der Waals surface area contributed by atoms with Gasteiger partial charge in [-0.1, -0.05) is 88.5 Å². The van der Waals surface area contributed by atoms with Crippen LogP contribution in [0.4, 0.5) is 23.0 Å². The molecule has 1 amide bonds. The van der Waals surface area contributed by atoms with Crippen molar-refractivity contribution in [3.05, 3.63) is 101 Å². The van der Waals surface area contributed by atoms with Crippen LogP contribution in [0.5, 0.6) is 0 Å². The summed E-state index contributed by atoms with van der Waals surface area (Å²) in [6.07, 6.45) is 6.90. The summed E-state index contributed by atoms with van der Waals surface area (Å²) in [5, 5.41) is 5.86. The van der Waals surface area contributed by atoms with Crippen LogP contribution in [0.25, 0.3) is 17.0 Å². The number of aromatic nitrogens is 4. The smallest absolute Gasteiger partial charge is 0.293 e. The van der Waals surface area contributed by atoms with E-state index in [-0.39, 0.29) is 17.3 Å². The van der Waals surface area contributed by atoms with Crippen molar-refractivity contribution >= 4 is 34.6 Å². The summed E-state index contributed by atoms with van der Waals surface area (Å²) in [5.74, 6) is 0.698. The van der Waals surface area contributed by atoms with E-state index in [1.54, 1.807) is 37.6 Å². The van der Waals surface area contributed by atoms with E-state index in [0.29, 0.717) is 22.5 Å². The first-order valence-corrected chi connectivity index (χ1v) is 18.1.